The molecule has 1 fully saturated rings. The van der Waals surface area contributed by atoms with Gasteiger partial charge in [0.1, 0.15) is 5.60 Å². The lowest BCUT2D eigenvalue weighted by Crippen LogP contribution is -2.14. The van der Waals surface area contributed by atoms with E-state index in [0.717, 1.165) is 5.92 Å². The minimum absolute atomic E-state index is 0.722. The molecule has 0 unspecified atom stereocenters. The summed E-state index contributed by atoms with van der Waals surface area (Å²) in [7, 11) is 0. The first-order valence-electron chi connectivity index (χ1n) is 5.50. The van der Waals surface area contributed by atoms with E-state index in [-0.39, 0.29) is 0 Å². The maximum absolute atomic E-state index is 9.35. The van der Waals surface area contributed by atoms with Crippen LogP contribution in [0, 0.1) is 17.8 Å². The van der Waals surface area contributed by atoms with Gasteiger partial charge < -0.3 is 5.11 Å². The Morgan fingerprint density at radius 3 is 2.43 bits per heavy atom. The zero-order valence-electron chi connectivity index (χ0n) is 9.21. The lowest BCUT2D eigenvalue weighted by atomic mass is 9.89. The fraction of sp³-hybridized carbons (Fsp3) is 0.692. The molecule has 0 amide bonds. The predicted octanol–water partition coefficient (Wildman–Crippen LogP) is 2.90. The molecule has 0 heterocycles. The van der Waals surface area contributed by atoms with Crippen LogP contribution in [0.5, 0.6) is 0 Å². The zero-order valence-corrected chi connectivity index (χ0v) is 9.21. The highest BCUT2D eigenvalue weighted by molar-refractivity contribution is 5.21. The third-order valence-electron chi connectivity index (χ3n) is 2.48. The van der Waals surface area contributed by atoms with Crippen LogP contribution in [-0.2, 0) is 0 Å². The summed E-state index contributed by atoms with van der Waals surface area (Å²) in [6.07, 6.45) is 10.8. The monoisotopic (exact) mass is 192 g/mol. The maximum Gasteiger partial charge on any atom is 0.120 e. The molecule has 0 aromatic rings. The van der Waals surface area contributed by atoms with Crippen molar-refractivity contribution >= 4 is 0 Å². The van der Waals surface area contributed by atoms with Crippen molar-refractivity contribution in [3.8, 4) is 11.8 Å². The number of rotatable bonds is 1. The van der Waals surface area contributed by atoms with Crippen molar-refractivity contribution in [1.29, 1.82) is 0 Å². The average molecular weight is 192 g/mol. The normalized spacial score (nSPS) is 19.4. The van der Waals surface area contributed by atoms with E-state index in [9.17, 15) is 5.11 Å². The van der Waals surface area contributed by atoms with Crippen molar-refractivity contribution in [2.24, 2.45) is 5.92 Å². The van der Waals surface area contributed by atoms with Gasteiger partial charge in [0.15, 0.2) is 0 Å². The lowest BCUT2D eigenvalue weighted by Gasteiger charge is -2.17. The van der Waals surface area contributed by atoms with Gasteiger partial charge in [0.2, 0.25) is 0 Å². The molecule has 1 aliphatic rings. The molecule has 1 heteroatoms. The SMILES string of the molecule is CC(C)(O)C#C/C=C\C1CCCCC1. The highest BCUT2D eigenvalue weighted by Crippen LogP contribution is 2.24. The van der Waals surface area contributed by atoms with Crippen LogP contribution in [0.25, 0.3) is 0 Å². The van der Waals surface area contributed by atoms with Gasteiger partial charge in [0.25, 0.3) is 0 Å². The smallest absolute Gasteiger partial charge is 0.120 e. The maximum atomic E-state index is 9.35. The molecule has 0 radical (unpaired) electrons. The fourth-order valence-corrected chi connectivity index (χ4v) is 1.73. The Morgan fingerprint density at radius 2 is 1.86 bits per heavy atom. The van der Waals surface area contributed by atoms with E-state index in [1.165, 1.54) is 32.1 Å². The van der Waals surface area contributed by atoms with Crippen LogP contribution < -0.4 is 0 Å². The molecule has 0 bridgehead atoms. The van der Waals surface area contributed by atoms with Crippen LogP contribution in [0.3, 0.4) is 0 Å². The van der Waals surface area contributed by atoms with Crippen LogP contribution in [0.2, 0.25) is 0 Å². The summed E-state index contributed by atoms with van der Waals surface area (Å²) >= 11 is 0. The van der Waals surface area contributed by atoms with Crippen molar-refractivity contribution in [2.45, 2.75) is 51.6 Å². The topological polar surface area (TPSA) is 20.2 Å². The Balaban J connectivity index is 2.34. The molecule has 0 aliphatic heterocycles. The predicted molar refractivity (Wildman–Crippen MR) is 59.8 cm³/mol. The Bertz CT molecular complexity index is 241. The van der Waals surface area contributed by atoms with Gasteiger partial charge >= 0.3 is 0 Å². The molecule has 1 saturated carbocycles. The first-order valence-corrected chi connectivity index (χ1v) is 5.50. The second-order valence-corrected chi connectivity index (χ2v) is 4.59. The van der Waals surface area contributed by atoms with E-state index < -0.39 is 5.60 Å². The summed E-state index contributed by atoms with van der Waals surface area (Å²) in [4.78, 5) is 0. The molecular weight excluding hydrogens is 172 g/mol. The van der Waals surface area contributed by atoms with Gasteiger partial charge in [-0.3, -0.25) is 0 Å². The minimum atomic E-state index is -0.864. The van der Waals surface area contributed by atoms with Gasteiger partial charge in [-0.15, -0.1) is 0 Å². The van der Waals surface area contributed by atoms with E-state index in [2.05, 4.69) is 17.9 Å². The van der Waals surface area contributed by atoms with Crippen molar-refractivity contribution in [1.82, 2.24) is 0 Å². The molecule has 0 saturated heterocycles. The molecule has 0 atom stereocenters. The highest BCUT2D eigenvalue weighted by atomic mass is 16.3. The molecule has 1 aliphatic carbocycles. The molecule has 0 aromatic heterocycles. The standard InChI is InChI=1S/C13H20O/c1-13(2,14)11-7-6-10-12-8-4-3-5-9-12/h6,10,12,14H,3-5,8-9H2,1-2H3/b10-6-. The summed E-state index contributed by atoms with van der Waals surface area (Å²) < 4.78 is 0. The van der Waals surface area contributed by atoms with Crippen molar-refractivity contribution in [3.05, 3.63) is 12.2 Å². The van der Waals surface area contributed by atoms with E-state index in [1.807, 2.05) is 6.08 Å². The summed E-state index contributed by atoms with van der Waals surface area (Å²) in [5, 5.41) is 9.35. The third kappa shape index (κ3) is 5.09. The van der Waals surface area contributed by atoms with Gasteiger partial charge in [-0.1, -0.05) is 37.2 Å². The second-order valence-electron chi connectivity index (χ2n) is 4.59. The quantitative estimate of drug-likeness (QED) is 0.633. The van der Waals surface area contributed by atoms with E-state index in [1.54, 1.807) is 13.8 Å². The fourth-order valence-electron chi connectivity index (χ4n) is 1.73. The molecule has 14 heavy (non-hydrogen) atoms. The molecule has 1 nitrogen and oxygen atoms in total. The average Bonchev–Trinajstić information content (AvgIpc) is 2.13. The summed E-state index contributed by atoms with van der Waals surface area (Å²) in [5.41, 5.74) is -0.864. The van der Waals surface area contributed by atoms with Crippen LogP contribution in [0.1, 0.15) is 46.0 Å². The zero-order chi connectivity index (χ0) is 10.4. The number of allylic oxidation sites excluding steroid dienone is 2. The molecule has 0 spiro atoms. The second kappa shape index (κ2) is 5.22. The van der Waals surface area contributed by atoms with Crippen molar-refractivity contribution in [3.63, 3.8) is 0 Å². The summed E-state index contributed by atoms with van der Waals surface area (Å²) in [5.74, 6) is 6.39. The van der Waals surface area contributed by atoms with Gasteiger partial charge in [-0.2, -0.15) is 0 Å². The molecule has 0 aromatic carbocycles. The number of aliphatic hydroxyl groups is 1. The van der Waals surface area contributed by atoms with Crippen LogP contribution >= 0.6 is 0 Å². The van der Waals surface area contributed by atoms with Crippen molar-refractivity contribution in [2.75, 3.05) is 0 Å². The van der Waals surface area contributed by atoms with Crippen LogP contribution in [-0.4, -0.2) is 10.7 Å². The van der Waals surface area contributed by atoms with Crippen LogP contribution in [0.4, 0.5) is 0 Å². The Hall–Kier alpha value is -0.740. The lowest BCUT2D eigenvalue weighted by molar-refractivity contribution is 0.143. The minimum Gasteiger partial charge on any atom is -0.378 e. The molecule has 1 N–H and O–H groups in total. The van der Waals surface area contributed by atoms with E-state index >= 15 is 0 Å². The largest absolute Gasteiger partial charge is 0.378 e. The van der Waals surface area contributed by atoms with Crippen molar-refractivity contribution < 1.29 is 5.11 Å². The first-order chi connectivity index (χ1) is 6.58. The first kappa shape index (κ1) is 11.3. The van der Waals surface area contributed by atoms with E-state index in [0.29, 0.717) is 0 Å². The Morgan fingerprint density at radius 1 is 1.21 bits per heavy atom. The van der Waals surface area contributed by atoms with Crippen LogP contribution in [0.15, 0.2) is 12.2 Å². The van der Waals surface area contributed by atoms with Gasteiger partial charge in [-0.05, 0) is 38.7 Å². The third-order valence-corrected chi connectivity index (χ3v) is 2.48. The summed E-state index contributed by atoms with van der Waals surface area (Å²) in [6, 6.07) is 0. The number of hydrogen-bond donors (Lipinski definition) is 1. The van der Waals surface area contributed by atoms with Gasteiger partial charge in [0, 0.05) is 0 Å². The number of hydrogen-bond acceptors (Lipinski definition) is 1. The van der Waals surface area contributed by atoms with E-state index in [4.69, 9.17) is 0 Å². The highest BCUT2D eigenvalue weighted by Gasteiger charge is 2.09. The van der Waals surface area contributed by atoms with Gasteiger partial charge in [0.05, 0.1) is 0 Å². The molecule has 78 valence electrons. The Kier molecular flexibility index (Phi) is 4.22. The summed E-state index contributed by atoms with van der Waals surface area (Å²) in [6.45, 7) is 3.41. The molecular formula is C13H20O. The molecule has 1 rings (SSSR count). The Labute approximate surface area is 87.2 Å². The van der Waals surface area contributed by atoms with Gasteiger partial charge in [-0.25, -0.2) is 0 Å².